The van der Waals surface area contributed by atoms with Crippen molar-refractivity contribution in [3.63, 3.8) is 0 Å². The van der Waals surface area contributed by atoms with Crippen LogP contribution in [-0.2, 0) is 22.7 Å². The molecule has 112 valence electrons. The Bertz CT molecular complexity index is 954. The number of nitrogens with one attached hydrogen (secondary N) is 1. The number of aromatic nitrogens is 1. The van der Waals surface area contributed by atoms with Gasteiger partial charge in [-0.3, -0.25) is 0 Å². The monoisotopic (exact) mass is 311 g/mol. The van der Waals surface area contributed by atoms with E-state index in [4.69, 9.17) is 0 Å². The lowest BCUT2D eigenvalue weighted by atomic mass is 9.92. The van der Waals surface area contributed by atoms with Crippen LogP contribution in [0.2, 0.25) is 0 Å². The number of fused-ring (bicyclic) bond motifs is 2. The molecular weight excluding hydrogens is 294 g/mol. The summed E-state index contributed by atoms with van der Waals surface area (Å²) in [4.78, 5) is 3.81. The molecule has 0 saturated heterocycles. The minimum atomic E-state index is -3.49. The molecule has 4 heteroatoms. The van der Waals surface area contributed by atoms with E-state index >= 15 is 0 Å². The van der Waals surface area contributed by atoms with Crippen LogP contribution in [0.4, 0.5) is 0 Å². The van der Waals surface area contributed by atoms with Crippen LogP contribution in [0.3, 0.4) is 0 Å². The zero-order valence-electron chi connectivity index (χ0n) is 12.2. The number of benzene rings is 2. The summed E-state index contributed by atoms with van der Waals surface area (Å²) in [6.07, 6.45) is 5.97. The smallest absolute Gasteiger partial charge is 0.208 e. The molecule has 1 aromatic heterocycles. The first-order valence-electron chi connectivity index (χ1n) is 7.59. The Hall–Kier alpha value is -2.07. The second-order valence-electron chi connectivity index (χ2n) is 5.84. The summed E-state index contributed by atoms with van der Waals surface area (Å²) in [5.41, 5.74) is 3.33. The number of hydrogen-bond acceptors (Lipinski definition) is 2. The molecule has 0 bridgehead atoms. The van der Waals surface area contributed by atoms with Gasteiger partial charge in [-0.1, -0.05) is 24.3 Å². The van der Waals surface area contributed by atoms with Gasteiger partial charge < -0.3 is 4.98 Å². The van der Waals surface area contributed by atoms with Gasteiger partial charge in [0.05, 0.1) is 9.79 Å². The van der Waals surface area contributed by atoms with Crippen molar-refractivity contribution in [1.29, 1.82) is 0 Å². The summed E-state index contributed by atoms with van der Waals surface area (Å²) < 4.78 is 25.9. The molecule has 0 radical (unpaired) electrons. The van der Waals surface area contributed by atoms with E-state index in [9.17, 15) is 8.42 Å². The molecule has 0 aliphatic heterocycles. The van der Waals surface area contributed by atoms with Crippen LogP contribution in [0.15, 0.2) is 58.5 Å². The van der Waals surface area contributed by atoms with Crippen molar-refractivity contribution in [2.24, 2.45) is 0 Å². The number of rotatable bonds is 2. The minimum Gasteiger partial charge on any atom is -0.360 e. The van der Waals surface area contributed by atoms with Gasteiger partial charge in [0.25, 0.3) is 0 Å². The average Bonchev–Trinajstić information content (AvgIpc) is 2.99. The zero-order valence-corrected chi connectivity index (χ0v) is 13.0. The maximum absolute atomic E-state index is 13.0. The van der Waals surface area contributed by atoms with Gasteiger partial charge in [-0.05, 0) is 55.0 Å². The first-order valence-corrected chi connectivity index (χ1v) is 9.07. The zero-order chi connectivity index (χ0) is 15.2. The van der Waals surface area contributed by atoms with Crippen molar-refractivity contribution in [3.8, 4) is 0 Å². The van der Waals surface area contributed by atoms with Crippen LogP contribution >= 0.6 is 0 Å². The summed E-state index contributed by atoms with van der Waals surface area (Å²) in [5, 5.41) is 0.750. The van der Waals surface area contributed by atoms with Crippen LogP contribution < -0.4 is 0 Å². The van der Waals surface area contributed by atoms with Crippen LogP contribution in [0.5, 0.6) is 0 Å². The largest absolute Gasteiger partial charge is 0.360 e. The fraction of sp³-hybridized carbons (Fsp3) is 0.222. The van der Waals surface area contributed by atoms with Gasteiger partial charge in [0.1, 0.15) is 0 Å². The van der Waals surface area contributed by atoms with Crippen molar-refractivity contribution in [2.45, 2.75) is 35.5 Å². The number of aromatic amines is 1. The van der Waals surface area contributed by atoms with Crippen LogP contribution in [0, 0.1) is 0 Å². The molecule has 4 rings (SSSR count). The number of para-hydroxylation sites is 1. The topological polar surface area (TPSA) is 49.9 Å². The molecule has 3 aromatic rings. The highest BCUT2D eigenvalue weighted by Crippen LogP contribution is 2.30. The normalized spacial score (nSPS) is 14.9. The average molecular weight is 311 g/mol. The van der Waals surface area contributed by atoms with Crippen molar-refractivity contribution >= 4 is 20.7 Å². The van der Waals surface area contributed by atoms with Gasteiger partial charge in [-0.2, -0.15) is 0 Å². The van der Waals surface area contributed by atoms with Crippen LogP contribution in [0.25, 0.3) is 10.9 Å². The molecule has 1 heterocycles. The highest BCUT2D eigenvalue weighted by molar-refractivity contribution is 7.91. The van der Waals surface area contributed by atoms with Crippen molar-refractivity contribution in [2.75, 3.05) is 0 Å². The van der Waals surface area contributed by atoms with E-state index in [0.717, 1.165) is 30.2 Å². The van der Waals surface area contributed by atoms with Gasteiger partial charge in [-0.15, -0.1) is 0 Å². The fourth-order valence-corrected chi connectivity index (χ4v) is 4.75. The molecule has 0 atom stereocenters. The summed E-state index contributed by atoms with van der Waals surface area (Å²) in [7, 11) is -3.49. The van der Waals surface area contributed by atoms with E-state index in [2.05, 4.69) is 4.98 Å². The maximum atomic E-state index is 13.0. The second-order valence-corrected chi connectivity index (χ2v) is 7.76. The Morgan fingerprint density at radius 2 is 1.68 bits per heavy atom. The Balaban J connectivity index is 1.87. The quantitative estimate of drug-likeness (QED) is 0.781. The van der Waals surface area contributed by atoms with E-state index in [-0.39, 0.29) is 0 Å². The third-order valence-corrected chi connectivity index (χ3v) is 6.26. The Labute approximate surface area is 129 Å². The Kier molecular flexibility index (Phi) is 3.08. The first-order chi connectivity index (χ1) is 10.7. The predicted molar refractivity (Wildman–Crippen MR) is 86.8 cm³/mol. The van der Waals surface area contributed by atoms with Gasteiger partial charge in [0.2, 0.25) is 9.84 Å². The molecule has 0 fully saturated rings. The van der Waals surface area contributed by atoms with E-state index < -0.39 is 9.84 Å². The molecular formula is C18H17NO2S. The van der Waals surface area contributed by atoms with Crippen molar-refractivity contribution < 1.29 is 8.42 Å². The van der Waals surface area contributed by atoms with Gasteiger partial charge >= 0.3 is 0 Å². The summed E-state index contributed by atoms with van der Waals surface area (Å²) >= 11 is 0. The van der Waals surface area contributed by atoms with E-state index in [1.54, 1.807) is 12.3 Å². The fourth-order valence-electron chi connectivity index (χ4n) is 3.27. The second kappa shape index (κ2) is 4.99. The number of aryl methyl sites for hydroxylation is 2. The first kappa shape index (κ1) is 13.6. The SMILES string of the molecule is O=S(=O)(c1ccc2c(c1)CCCC2)c1c[nH]c2ccccc12. The van der Waals surface area contributed by atoms with Crippen molar-refractivity contribution in [1.82, 2.24) is 4.98 Å². The molecule has 1 aliphatic carbocycles. The van der Waals surface area contributed by atoms with Gasteiger partial charge in [-0.25, -0.2) is 8.42 Å². The maximum Gasteiger partial charge on any atom is 0.208 e. The molecule has 3 nitrogen and oxygen atoms in total. The van der Waals surface area contributed by atoms with Crippen molar-refractivity contribution in [3.05, 3.63) is 59.8 Å². The Morgan fingerprint density at radius 3 is 2.55 bits per heavy atom. The minimum absolute atomic E-state index is 0.360. The molecule has 0 unspecified atom stereocenters. The molecule has 1 N–H and O–H groups in total. The molecule has 0 saturated carbocycles. The predicted octanol–water partition coefficient (Wildman–Crippen LogP) is 3.88. The van der Waals surface area contributed by atoms with Crippen LogP contribution in [-0.4, -0.2) is 13.4 Å². The molecule has 1 aliphatic rings. The lowest BCUT2D eigenvalue weighted by Crippen LogP contribution is -2.07. The molecule has 0 amide bonds. The third kappa shape index (κ3) is 2.06. The van der Waals surface area contributed by atoms with E-state index in [1.165, 1.54) is 17.5 Å². The summed E-state index contributed by atoms with van der Waals surface area (Å²) in [6, 6.07) is 13.1. The summed E-state index contributed by atoms with van der Waals surface area (Å²) in [5.74, 6) is 0. The van der Waals surface area contributed by atoms with Gasteiger partial charge in [0, 0.05) is 17.1 Å². The van der Waals surface area contributed by atoms with E-state index in [1.807, 2.05) is 36.4 Å². The van der Waals surface area contributed by atoms with Gasteiger partial charge in [0.15, 0.2) is 0 Å². The number of H-pyrrole nitrogens is 1. The molecule has 22 heavy (non-hydrogen) atoms. The Morgan fingerprint density at radius 1 is 0.909 bits per heavy atom. The number of sulfone groups is 1. The number of hydrogen-bond donors (Lipinski definition) is 1. The lowest BCUT2D eigenvalue weighted by Gasteiger charge is -2.16. The van der Waals surface area contributed by atoms with Crippen LogP contribution in [0.1, 0.15) is 24.0 Å². The highest BCUT2D eigenvalue weighted by atomic mass is 32.2. The summed E-state index contributed by atoms with van der Waals surface area (Å²) in [6.45, 7) is 0. The molecule has 2 aromatic carbocycles. The van der Waals surface area contributed by atoms with E-state index in [0.29, 0.717) is 9.79 Å². The third-order valence-electron chi connectivity index (χ3n) is 4.47. The standard InChI is InChI=1S/C18H17NO2S/c20-22(21,18-12-19-17-8-4-3-7-16(17)18)15-10-9-13-5-1-2-6-14(13)11-15/h3-4,7-12,19H,1-2,5-6H2. The lowest BCUT2D eigenvalue weighted by molar-refractivity contribution is 0.596. The highest BCUT2D eigenvalue weighted by Gasteiger charge is 2.23. The molecule has 0 spiro atoms.